The third kappa shape index (κ3) is 1.58. The fourth-order valence-electron chi connectivity index (χ4n) is 2.09. The summed E-state index contributed by atoms with van der Waals surface area (Å²) in [6.45, 7) is 4.05. The molecular formula is C15H17N3. The summed E-state index contributed by atoms with van der Waals surface area (Å²) in [7, 11) is 0. The molecule has 3 heterocycles. The molecule has 0 aromatic carbocycles. The largest absolute Gasteiger partial charge is 0.304 e. The first-order valence-corrected chi connectivity index (χ1v) is 5.96. The van der Waals surface area contributed by atoms with Gasteiger partial charge in [-0.1, -0.05) is 20.8 Å². The molecule has 0 atom stereocenters. The summed E-state index contributed by atoms with van der Waals surface area (Å²) in [5, 5.41) is 0.862. The van der Waals surface area contributed by atoms with Crippen LogP contribution in [0.2, 0.25) is 0 Å². The van der Waals surface area contributed by atoms with E-state index in [-0.39, 0.29) is 11.1 Å². The van der Waals surface area contributed by atoms with Gasteiger partial charge in [0.15, 0.2) is 0 Å². The highest BCUT2D eigenvalue weighted by atomic mass is 15.0. The summed E-state index contributed by atoms with van der Waals surface area (Å²) in [6, 6.07) is 5.59. The molecule has 0 aliphatic rings. The van der Waals surface area contributed by atoms with Gasteiger partial charge in [-0.3, -0.25) is 4.98 Å². The lowest BCUT2D eigenvalue weighted by molar-refractivity contribution is 0.571. The smallest absolute Gasteiger partial charge is 0.146 e. The molecule has 3 rings (SSSR count). The summed E-state index contributed by atoms with van der Waals surface area (Å²) in [6.07, 6.45) is 3.29. The number of fused-ring (bicyclic) bond motifs is 3. The van der Waals surface area contributed by atoms with Gasteiger partial charge in [-0.05, 0) is 25.1 Å². The van der Waals surface area contributed by atoms with Gasteiger partial charge < -0.3 is 4.40 Å². The molecule has 3 aromatic rings. The number of imidazole rings is 1. The zero-order chi connectivity index (χ0) is 15.4. The molecule has 0 spiro atoms. The Hall–Kier alpha value is -1.90. The second-order valence-corrected chi connectivity index (χ2v) is 5.53. The topological polar surface area (TPSA) is 30.2 Å². The maximum Gasteiger partial charge on any atom is 0.146 e. The van der Waals surface area contributed by atoms with Gasteiger partial charge in [-0.2, -0.15) is 0 Å². The second-order valence-electron chi connectivity index (χ2n) is 5.53. The van der Waals surface area contributed by atoms with Crippen LogP contribution in [0.3, 0.4) is 0 Å². The molecule has 0 aliphatic heterocycles. The van der Waals surface area contributed by atoms with E-state index >= 15 is 0 Å². The molecule has 92 valence electrons. The lowest BCUT2D eigenvalue weighted by Gasteiger charge is -2.18. The van der Waals surface area contributed by atoms with Crippen molar-refractivity contribution in [1.82, 2.24) is 14.4 Å². The van der Waals surface area contributed by atoms with Gasteiger partial charge in [-0.15, -0.1) is 0 Å². The molecule has 0 bridgehead atoms. The number of pyridine rings is 2. The number of rotatable bonds is 0. The molecule has 0 amide bonds. The van der Waals surface area contributed by atoms with Gasteiger partial charge in [-0.25, -0.2) is 4.98 Å². The van der Waals surface area contributed by atoms with Crippen LogP contribution in [0, 0.1) is 6.85 Å². The van der Waals surface area contributed by atoms with E-state index in [0.717, 1.165) is 11.1 Å². The van der Waals surface area contributed by atoms with Crippen molar-refractivity contribution in [3.05, 3.63) is 42.0 Å². The Morgan fingerprint density at radius 2 is 2.11 bits per heavy atom. The molecule has 0 saturated carbocycles. The van der Waals surface area contributed by atoms with Crippen LogP contribution in [0.4, 0.5) is 0 Å². The summed E-state index contributed by atoms with van der Waals surface area (Å²) in [5.41, 5.74) is 2.39. The van der Waals surface area contributed by atoms with Gasteiger partial charge in [0.25, 0.3) is 0 Å². The van der Waals surface area contributed by atoms with Crippen LogP contribution in [0.25, 0.3) is 16.6 Å². The van der Waals surface area contributed by atoms with Gasteiger partial charge >= 0.3 is 0 Å². The van der Waals surface area contributed by atoms with E-state index in [9.17, 15) is 0 Å². The summed E-state index contributed by atoms with van der Waals surface area (Å²) < 4.78 is 24.7. The quantitative estimate of drug-likeness (QED) is 0.604. The van der Waals surface area contributed by atoms with Gasteiger partial charge in [0.1, 0.15) is 5.65 Å². The molecular weight excluding hydrogens is 222 g/mol. The maximum absolute atomic E-state index is 7.70. The Morgan fingerprint density at radius 3 is 2.83 bits per heavy atom. The average Bonchev–Trinajstić information content (AvgIpc) is 2.83. The lowest BCUT2D eigenvalue weighted by Crippen LogP contribution is -2.13. The Bertz CT molecular complexity index is 826. The van der Waals surface area contributed by atoms with Crippen LogP contribution < -0.4 is 0 Å². The molecule has 18 heavy (non-hydrogen) atoms. The standard InChI is InChI=1S/C15H17N3/c1-10-9-12-11(14-16-7-8-18(10)14)5-6-13(17-12)15(2,3)4/h5-9H,1-4H3/i1D3. The Labute approximate surface area is 111 Å². The highest BCUT2D eigenvalue weighted by Crippen LogP contribution is 2.25. The fraction of sp³-hybridized carbons (Fsp3) is 0.333. The highest BCUT2D eigenvalue weighted by molar-refractivity contribution is 5.91. The predicted molar refractivity (Wildman–Crippen MR) is 73.9 cm³/mol. The number of hydrogen-bond acceptors (Lipinski definition) is 2. The SMILES string of the molecule is [2H]C([2H])([2H])c1cc2nc(C(C)(C)C)ccc2c2nccn12. The number of hydrogen-bond donors (Lipinski definition) is 0. The van der Waals surface area contributed by atoms with Crippen molar-refractivity contribution in [3.63, 3.8) is 0 Å². The minimum absolute atomic E-state index is 0.0874. The zero-order valence-corrected chi connectivity index (χ0v) is 10.7. The van der Waals surface area contributed by atoms with E-state index in [1.165, 1.54) is 0 Å². The first-order chi connectivity index (χ1) is 9.68. The number of aromatic nitrogens is 3. The highest BCUT2D eigenvalue weighted by Gasteiger charge is 2.16. The third-order valence-corrected chi connectivity index (χ3v) is 3.11. The van der Waals surface area contributed by atoms with E-state index in [1.54, 1.807) is 22.9 Å². The fourth-order valence-corrected chi connectivity index (χ4v) is 2.09. The summed E-state index contributed by atoms with van der Waals surface area (Å²) in [5.74, 6) is 0. The third-order valence-electron chi connectivity index (χ3n) is 3.11. The van der Waals surface area contributed by atoms with Crippen molar-refractivity contribution in [3.8, 4) is 0 Å². The summed E-state index contributed by atoms with van der Waals surface area (Å²) in [4.78, 5) is 8.93. The number of aryl methyl sites for hydroxylation is 1. The van der Waals surface area contributed by atoms with E-state index in [4.69, 9.17) is 4.11 Å². The van der Waals surface area contributed by atoms with Crippen LogP contribution in [0.5, 0.6) is 0 Å². The van der Waals surface area contributed by atoms with Crippen molar-refractivity contribution in [2.75, 3.05) is 0 Å². The molecule has 3 nitrogen and oxygen atoms in total. The molecule has 3 aromatic heterocycles. The van der Waals surface area contributed by atoms with Crippen LogP contribution in [0.15, 0.2) is 30.6 Å². The van der Waals surface area contributed by atoms with Gasteiger partial charge in [0, 0.05) is 38.7 Å². The van der Waals surface area contributed by atoms with Crippen molar-refractivity contribution < 1.29 is 4.11 Å². The Kier molecular flexibility index (Phi) is 1.62. The minimum atomic E-state index is -2.20. The molecule has 0 N–H and O–H groups in total. The maximum atomic E-state index is 7.70. The van der Waals surface area contributed by atoms with Crippen LogP contribution in [0.1, 0.15) is 36.3 Å². The molecule has 0 unspecified atom stereocenters. The normalized spacial score (nSPS) is 15.6. The van der Waals surface area contributed by atoms with Crippen molar-refractivity contribution in [2.45, 2.75) is 33.0 Å². The number of nitrogens with zero attached hydrogens (tertiary/aromatic N) is 3. The van der Waals surface area contributed by atoms with Crippen LogP contribution >= 0.6 is 0 Å². The predicted octanol–water partition coefficient (Wildman–Crippen LogP) is 3.49. The van der Waals surface area contributed by atoms with Crippen molar-refractivity contribution >= 4 is 16.6 Å². The molecule has 0 saturated heterocycles. The van der Waals surface area contributed by atoms with Crippen LogP contribution in [-0.2, 0) is 5.41 Å². The molecule has 0 fully saturated rings. The molecule has 0 radical (unpaired) electrons. The van der Waals surface area contributed by atoms with E-state index < -0.39 is 6.85 Å². The Balaban J connectivity index is 2.40. The minimum Gasteiger partial charge on any atom is -0.304 e. The first kappa shape index (κ1) is 8.25. The van der Waals surface area contributed by atoms with Crippen molar-refractivity contribution in [1.29, 1.82) is 0 Å². The monoisotopic (exact) mass is 242 g/mol. The van der Waals surface area contributed by atoms with E-state index in [0.29, 0.717) is 11.2 Å². The second kappa shape index (κ2) is 3.55. The van der Waals surface area contributed by atoms with E-state index in [2.05, 4.69) is 30.7 Å². The van der Waals surface area contributed by atoms with Crippen molar-refractivity contribution in [2.24, 2.45) is 0 Å². The van der Waals surface area contributed by atoms with Gasteiger partial charge in [0.05, 0.1) is 5.52 Å². The van der Waals surface area contributed by atoms with Gasteiger partial charge in [0.2, 0.25) is 0 Å². The lowest BCUT2D eigenvalue weighted by atomic mass is 9.91. The molecule has 0 aliphatic carbocycles. The Morgan fingerprint density at radius 1 is 1.28 bits per heavy atom. The average molecular weight is 242 g/mol. The van der Waals surface area contributed by atoms with Crippen LogP contribution in [-0.4, -0.2) is 14.4 Å². The molecule has 3 heteroatoms. The van der Waals surface area contributed by atoms with E-state index in [1.807, 2.05) is 12.1 Å². The summed E-state index contributed by atoms with van der Waals surface area (Å²) >= 11 is 0. The first-order valence-electron chi connectivity index (χ1n) is 7.46. The zero-order valence-electron chi connectivity index (χ0n) is 13.7.